The zero-order chi connectivity index (χ0) is 48.5. The van der Waals surface area contributed by atoms with Gasteiger partial charge in [-0.2, -0.15) is 0 Å². The van der Waals surface area contributed by atoms with Gasteiger partial charge < -0.3 is 15.5 Å². The van der Waals surface area contributed by atoms with Crippen LogP contribution in [0.3, 0.4) is 0 Å². The highest BCUT2D eigenvalue weighted by atomic mass is 16.3. The topological polar surface area (TPSA) is 69.6 Å². The maximum atomic E-state index is 12.5. The van der Waals surface area contributed by atoms with Crippen LogP contribution in [-0.4, -0.2) is 34.9 Å². The average molecular weight is 935 g/mol. The molecule has 390 valence electrons. The molecular formula is C63H115NO3. The van der Waals surface area contributed by atoms with E-state index < -0.39 is 12.1 Å². The molecule has 0 aliphatic carbocycles. The number of carbonyl (C=O) groups is 1. The van der Waals surface area contributed by atoms with Crippen LogP contribution in [0.25, 0.3) is 0 Å². The van der Waals surface area contributed by atoms with Gasteiger partial charge in [0.05, 0.1) is 18.8 Å². The molecule has 0 radical (unpaired) electrons. The fourth-order valence-corrected chi connectivity index (χ4v) is 9.01. The lowest BCUT2D eigenvalue weighted by molar-refractivity contribution is -0.123. The Morgan fingerprint density at radius 3 is 0.985 bits per heavy atom. The number of aliphatic hydroxyl groups excluding tert-OH is 2. The molecule has 0 rings (SSSR count). The molecule has 0 saturated heterocycles. The number of nitrogens with one attached hydrogen (secondary N) is 1. The van der Waals surface area contributed by atoms with Crippen LogP contribution in [0.15, 0.2) is 72.9 Å². The molecular weight excluding hydrogens is 819 g/mol. The average Bonchev–Trinajstić information content (AvgIpc) is 3.33. The normalized spacial score (nSPS) is 13.3. The molecule has 1 amide bonds. The van der Waals surface area contributed by atoms with Gasteiger partial charge in [-0.25, -0.2) is 0 Å². The Balaban J connectivity index is 3.41. The molecule has 0 aromatic rings. The van der Waals surface area contributed by atoms with Gasteiger partial charge in [0.2, 0.25) is 5.91 Å². The molecule has 0 fully saturated rings. The molecule has 2 unspecified atom stereocenters. The first kappa shape index (κ1) is 64.8. The summed E-state index contributed by atoms with van der Waals surface area (Å²) in [6.07, 6.45) is 83.4. The highest BCUT2D eigenvalue weighted by molar-refractivity contribution is 5.76. The van der Waals surface area contributed by atoms with Crippen LogP contribution in [0, 0.1) is 0 Å². The summed E-state index contributed by atoms with van der Waals surface area (Å²) in [5.74, 6) is -0.0280. The van der Waals surface area contributed by atoms with E-state index in [9.17, 15) is 15.0 Å². The van der Waals surface area contributed by atoms with Gasteiger partial charge in [0.25, 0.3) is 0 Å². The summed E-state index contributed by atoms with van der Waals surface area (Å²) < 4.78 is 0. The molecule has 3 N–H and O–H groups in total. The molecule has 0 heterocycles. The van der Waals surface area contributed by atoms with E-state index in [2.05, 4.69) is 92.1 Å². The Kier molecular flexibility index (Phi) is 56.3. The number of allylic oxidation sites excluding steroid dienone is 12. The lowest BCUT2D eigenvalue weighted by atomic mass is 10.0. The molecule has 0 saturated carbocycles. The lowest BCUT2D eigenvalue weighted by Gasteiger charge is -2.22. The third-order valence-electron chi connectivity index (χ3n) is 13.5. The predicted molar refractivity (Wildman–Crippen MR) is 299 cm³/mol. The van der Waals surface area contributed by atoms with E-state index in [4.69, 9.17) is 0 Å². The minimum atomic E-state index is -0.659. The van der Waals surface area contributed by atoms with Gasteiger partial charge in [0, 0.05) is 6.42 Å². The number of hydrogen-bond acceptors (Lipinski definition) is 3. The number of amides is 1. The fourth-order valence-electron chi connectivity index (χ4n) is 9.01. The van der Waals surface area contributed by atoms with Crippen LogP contribution < -0.4 is 5.32 Å². The van der Waals surface area contributed by atoms with Crippen molar-refractivity contribution >= 4 is 5.91 Å². The molecule has 0 aliphatic heterocycles. The summed E-state index contributed by atoms with van der Waals surface area (Å²) in [5, 5.41) is 23.3. The molecule has 4 nitrogen and oxygen atoms in total. The van der Waals surface area contributed by atoms with Crippen molar-refractivity contribution < 1.29 is 15.0 Å². The highest BCUT2D eigenvalue weighted by Gasteiger charge is 2.20. The van der Waals surface area contributed by atoms with E-state index in [1.54, 1.807) is 0 Å². The van der Waals surface area contributed by atoms with Crippen molar-refractivity contribution in [2.45, 2.75) is 315 Å². The first-order chi connectivity index (χ1) is 33.2. The van der Waals surface area contributed by atoms with Gasteiger partial charge in [-0.1, -0.05) is 305 Å². The van der Waals surface area contributed by atoms with Crippen molar-refractivity contribution in [3.05, 3.63) is 72.9 Å². The summed E-state index contributed by atoms with van der Waals surface area (Å²) >= 11 is 0. The second-order valence-electron chi connectivity index (χ2n) is 20.0. The molecule has 0 spiro atoms. The first-order valence-electron chi connectivity index (χ1n) is 29.6. The second kappa shape index (κ2) is 58.1. The summed E-state index contributed by atoms with van der Waals surface area (Å²) in [4.78, 5) is 12.5. The van der Waals surface area contributed by atoms with E-state index in [1.165, 1.54) is 212 Å². The fraction of sp³-hybridized carbons (Fsp3) is 0.794. The lowest BCUT2D eigenvalue weighted by Crippen LogP contribution is -2.45. The smallest absolute Gasteiger partial charge is 0.220 e. The van der Waals surface area contributed by atoms with E-state index in [1.807, 2.05) is 0 Å². The van der Waals surface area contributed by atoms with Crippen LogP contribution in [0.4, 0.5) is 0 Å². The third kappa shape index (κ3) is 54.6. The number of carbonyl (C=O) groups excluding carboxylic acids is 1. The van der Waals surface area contributed by atoms with Crippen molar-refractivity contribution in [2.75, 3.05) is 6.61 Å². The van der Waals surface area contributed by atoms with Gasteiger partial charge in [0.15, 0.2) is 0 Å². The minimum absolute atomic E-state index is 0.0280. The van der Waals surface area contributed by atoms with E-state index in [-0.39, 0.29) is 12.5 Å². The number of rotatable bonds is 54. The molecule has 4 heteroatoms. The van der Waals surface area contributed by atoms with Gasteiger partial charge >= 0.3 is 0 Å². The van der Waals surface area contributed by atoms with Gasteiger partial charge in [-0.15, -0.1) is 0 Å². The quantitative estimate of drug-likeness (QED) is 0.0420. The summed E-state index contributed by atoms with van der Waals surface area (Å²) in [6, 6.07) is -0.535. The van der Waals surface area contributed by atoms with Crippen molar-refractivity contribution in [2.24, 2.45) is 0 Å². The molecule has 0 aromatic carbocycles. The monoisotopic (exact) mass is 934 g/mol. The standard InChI is InChI=1S/C63H115NO3/c1-3-5-7-9-11-13-15-17-19-20-21-22-23-24-25-26-27-28-29-30-31-32-33-34-35-36-37-38-39-40-41-42-43-44-45-47-49-51-53-55-57-59-63(67)64-61(60-65)62(66)58-56-54-52-50-48-46-18-16-14-12-10-8-6-4-2/h5,7,11,13,17,19,21-22,24-25,27-28,61-62,65-66H,3-4,6,8-10,12,14-16,18,20,23,26,29-60H2,1-2H3,(H,64,67)/b7-5-,13-11-,19-17-,22-21-,25-24-,28-27-. The van der Waals surface area contributed by atoms with Gasteiger partial charge in [-0.05, 0) is 64.2 Å². The number of unbranched alkanes of at least 4 members (excludes halogenated alkanes) is 35. The largest absolute Gasteiger partial charge is 0.394 e. The van der Waals surface area contributed by atoms with Crippen LogP contribution in [0.2, 0.25) is 0 Å². The Hall–Kier alpha value is -2.17. The Bertz CT molecular complexity index is 1150. The van der Waals surface area contributed by atoms with Crippen LogP contribution in [0.1, 0.15) is 303 Å². The Labute approximate surface area is 419 Å². The summed E-state index contributed by atoms with van der Waals surface area (Å²) in [5.41, 5.74) is 0. The Morgan fingerprint density at radius 1 is 0.373 bits per heavy atom. The maximum absolute atomic E-state index is 12.5. The summed E-state index contributed by atoms with van der Waals surface area (Å²) in [6.45, 7) is 4.26. The van der Waals surface area contributed by atoms with E-state index in [0.29, 0.717) is 12.8 Å². The summed E-state index contributed by atoms with van der Waals surface area (Å²) in [7, 11) is 0. The van der Waals surface area contributed by atoms with Crippen LogP contribution >= 0.6 is 0 Å². The van der Waals surface area contributed by atoms with E-state index in [0.717, 1.165) is 64.2 Å². The maximum Gasteiger partial charge on any atom is 0.220 e. The highest BCUT2D eigenvalue weighted by Crippen LogP contribution is 2.17. The zero-order valence-electron chi connectivity index (χ0n) is 44.9. The molecule has 67 heavy (non-hydrogen) atoms. The SMILES string of the molecule is CC/C=C\C/C=C\C/C=C\C/C=C\C/C=C\C/C=C\CCCCCCCCCCCCCCCCCCCCCCCCC(=O)NC(CO)C(O)CCCCCCCCCCCCCCCC. The third-order valence-corrected chi connectivity index (χ3v) is 13.5. The van der Waals surface area contributed by atoms with Crippen LogP contribution in [-0.2, 0) is 4.79 Å². The molecule has 2 atom stereocenters. The number of hydrogen-bond donors (Lipinski definition) is 3. The van der Waals surface area contributed by atoms with Crippen molar-refractivity contribution in [3.63, 3.8) is 0 Å². The Morgan fingerprint density at radius 2 is 0.657 bits per heavy atom. The molecule has 0 aliphatic rings. The number of aliphatic hydroxyl groups is 2. The van der Waals surface area contributed by atoms with Gasteiger partial charge in [-0.3, -0.25) is 4.79 Å². The molecule has 0 bridgehead atoms. The van der Waals surface area contributed by atoms with Crippen molar-refractivity contribution in [1.82, 2.24) is 5.32 Å². The zero-order valence-corrected chi connectivity index (χ0v) is 44.9. The minimum Gasteiger partial charge on any atom is -0.394 e. The van der Waals surface area contributed by atoms with Crippen molar-refractivity contribution in [1.29, 1.82) is 0 Å². The second-order valence-corrected chi connectivity index (χ2v) is 20.0. The van der Waals surface area contributed by atoms with Crippen molar-refractivity contribution in [3.8, 4) is 0 Å². The predicted octanol–water partition coefficient (Wildman–Crippen LogP) is 19.8. The molecule has 0 aromatic heterocycles. The first-order valence-corrected chi connectivity index (χ1v) is 29.6. The van der Waals surface area contributed by atoms with Gasteiger partial charge in [0.1, 0.15) is 0 Å². The van der Waals surface area contributed by atoms with E-state index >= 15 is 0 Å². The van der Waals surface area contributed by atoms with Crippen LogP contribution in [0.5, 0.6) is 0 Å².